The van der Waals surface area contributed by atoms with Crippen molar-refractivity contribution < 1.29 is 9.47 Å². The number of nitrogens with one attached hydrogen (secondary N) is 1. The van der Waals surface area contributed by atoms with Crippen LogP contribution >= 0.6 is 0 Å². The summed E-state index contributed by atoms with van der Waals surface area (Å²) in [5, 5.41) is 3.69. The average molecular weight is 292 g/mol. The minimum atomic E-state index is 0.321. The number of ether oxygens (including phenoxy) is 2. The van der Waals surface area contributed by atoms with Gasteiger partial charge < -0.3 is 14.8 Å². The molecule has 0 bridgehead atoms. The minimum absolute atomic E-state index is 0.321. The normalized spacial score (nSPS) is 21.1. The molecule has 1 N–H and O–H groups in total. The molecule has 0 saturated heterocycles. The summed E-state index contributed by atoms with van der Waals surface area (Å²) in [7, 11) is 2.15. The van der Waals surface area contributed by atoms with Gasteiger partial charge in [-0.25, -0.2) is 0 Å². The maximum Gasteiger partial charge on any atom is 0.124 e. The Balaban J connectivity index is 2.09. The van der Waals surface area contributed by atoms with Gasteiger partial charge in [-0.1, -0.05) is 25.1 Å². The van der Waals surface area contributed by atoms with Crippen LogP contribution in [0.25, 0.3) is 0 Å². The molecule has 4 heteroatoms. The largest absolute Gasteiger partial charge is 0.492 e. The van der Waals surface area contributed by atoms with Crippen LogP contribution in [0.4, 0.5) is 0 Å². The number of rotatable bonds is 8. The first-order valence-electron chi connectivity index (χ1n) is 8.01. The molecular weight excluding hydrogens is 264 g/mol. The summed E-state index contributed by atoms with van der Waals surface area (Å²) < 4.78 is 11.4. The lowest BCUT2D eigenvalue weighted by Crippen LogP contribution is -2.49. The average Bonchev–Trinajstić information content (AvgIpc) is 2.52. The second-order valence-electron chi connectivity index (χ2n) is 5.53. The van der Waals surface area contributed by atoms with Crippen molar-refractivity contribution in [2.24, 2.45) is 0 Å². The Bertz CT molecular complexity index is 425. The Morgan fingerprint density at radius 3 is 2.90 bits per heavy atom. The molecule has 1 aromatic rings. The number of hydrogen-bond acceptors (Lipinski definition) is 4. The smallest absolute Gasteiger partial charge is 0.124 e. The van der Waals surface area contributed by atoms with E-state index in [2.05, 4.69) is 42.4 Å². The second kappa shape index (κ2) is 8.37. The number of hydrogen-bond donors (Lipinski definition) is 1. The molecule has 0 aromatic heterocycles. The van der Waals surface area contributed by atoms with Gasteiger partial charge in [0.05, 0.1) is 18.7 Å². The van der Waals surface area contributed by atoms with Crippen LogP contribution in [0.1, 0.15) is 31.9 Å². The van der Waals surface area contributed by atoms with Gasteiger partial charge in [-0.3, -0.25) is 4.90 Å². The van der Waals surface area contributed by atoms with E-state index in [0.29, 0.717) is 12.1 Å². The van der Waals surface area contributed by atoms with E-state index in [4.69, 9.17) is 9.47 Å². The number of fused-ring (bicyclic) bond motifs is 1. The SMILES string of the molecule is CCCNC1c2ccccc2OCC1N(C)CCOCC. The monoisotopic (exact) mass is 292 g/mol. The number of benzene rings is 1. The highest BCUT2D eigenvalue weighted by molar-refractivity contribution is 5.38. The third-order valence-corrected chi connectivity index (χ3v) is 4.02. The van der Waals surface area contributed by atoms with Crippen LogP contribution in [0.15, 0.2) is 24.3 Å². The lowest BCUT2D eigenvalue weighted by molar-refractivity contribution is 0.0674. The number of likely N-dealkylation sites (N-methyl/N-ethyl adjacent to an activating group) is 1. The highest BCUT2D eigenvalue weighted by Gasteiger charge is 2.32. The molecule has 1 aromatic carbocycles. The van der Waals surface area contributed by atoms with E-state index in [0.717, 1.165) is 45.1 Å². The van der Waals surface area contributed by atoms with Crippen molar-refractivity contribution in [1.82, 2.24) is 10.2 Å². The fraction of sp³-hybridized carbons (Fsp3) is 0.647. The topological polar surface area (TPSA) is 33.7 Å². The molecule has 0 saturated carbocycles. The summed E-state index contributed by atoms with van der Waals surface area (Å²) in [5.74, 6) is 1.01. The summed E-state index contributed by atoms with van der Waals surface area (Å²) >= 11 is 0. The molecule has 0 fully saturated rings. The van der Waals surface area contributed by atoms with Crippen molar-refractivity contribution in [3.63, 3.8) is 0 Å². The Kier molecular flexibility index (Phi) is 6.49. The van der Waals surface area contributed by atoms with Crippen LogP contribution in [-0.2, 0) is 4.74 Å². The van der Waals surface area contributed by atoms with Gasteiger partial charge in [0.1, 0.15) is 12.4 Å². The first kappa shape index (κ1) is 16.3. The van der Waals surface area contributed by atoms with Gasteiger partial charge in [0.2, 0.25) is 0 Å². The molecule has 4 nitrogen and oxygen atoms in total. The van der Waals surface area contributed by atoms with Gasteiger partial charge in [-0.2, -0.15) is 0 Å². The number of nitrogens with zero attached hydrogens (tertiary/aromatic N) is 1. The summed E-state index contributed by atoms with van der Waals surface area (Å²) in [6, 6.07) is 9.02. The first-order chi connectivity index (χ1) is 10.3. The zero-order chi connectivity index (χ0) is 15.1. The van der Waals surface area contributed by atoms with Gasteiger partial charge in [-0.05, 0) is 33.0 Å². The van der Waals surface area contributed by atoms with Crippen LogP contribution in [0, 0.1) is 0 Å². The van der Waals surface area contributed by atoms with E-state index in [1.807, 2.05) is 13.0 Å². The maximum absolute atomic E-state index is 5.95. The third-order valence-electron chi connectivity index (χ3n) is 4.02. The van der Waals surface area contributed by atoms with Crippen LogP contribution in [0.2, 0.25) is 0 Å². The van der Waals surface area contributed by atoms with Crippen LogP contribution in [0.5, 0.6) is 5.75 Å². The van der Waals surface area contributed by atoms with Crippen LogP contribution in [0.3, 0.4) is 0 Å². The quantitative estimate of drug-likeness (QED) is 0.746. The molecule has 1 aliphatic heterocycles. The first-order valence-corrected chi connectivity index (χ1v) is 8.01. The molecule has 118 valence electrons. The second-order valence-corrected chi connectivity index (χ2v) is 5.53. The highest BCUT2D eigenvalue weighted by atomic mass is 16.5. The molecule has 1 aliphatic rings. The van der Waals surface area contributed by atoms with E-state index in [1.165, 1.54) is 5.56 Å². The van der Waals surface area contributed by atoms with E-state index >= 15 is 0 Å². The van der Waals surface area contributed by atoms with E-state index in [-0.39, 0.29) is 0 Å². The molecule has 21 heavy (non-hydrogen) atoms. The lowest BCUT2D eigenvalue weighted by atomic mass is 9.95. The fourth-order valence-corrected chi connectivity index (χ4v) is 2.79. The Hall–Kier alpha value is -1.10. The Morgan fingerprint density at radius 2 is 2.14 bits per heavy atom. The van der Waals surface area contributed by atoms with Crippen molar-refractivity contribution in [1.29, 1.82) is 0 Å². The molecule has 0 aliphatic carbocycles. The van der Waals surface area contributed by atoms with E-state index in [1.54, 1.807) is 0 Å². The van der Waals surface area contributed by atoms with Gasteiger partial charge in [0.15, 0.2) is 0 Å². The predicted molar refractivity (Wildman–Crippen MR) is 85.9 cm³/mol. The molecular formula is C17H28N2O2. The summed E-state index contributed by atoms with van der Waals surface area (Å²) in [6.07, 6.45) is 1.13. The van der Waals surface area contributed by atoms with Crippen LogP contribution < -0.4 is 10.1 Å². The van der Waals surface area contributed by atoms with Crippen molar-refractivity contribution in [2.45, 2.75) is 32.4 Å². The predicted octanol–water partition coefficient (Wildman–Crippen LogP) is 2.46. The maximum atomic E-state index is 5.95. The molecule has 0 spiro atoms. The molecule has 2 atom stereocenters. The summed E-state index contributed by atoms with van der Waals surface area (Å²) in [5.41, 5.74) is 1.27. The Labute approximate surface area is 128 Å². The summed E-state index contributed by atoms with van der Waals surface area (Å²) in [4.78, 5) is 2.35. The molecule has 2 rings (SSSR count). The van der Waals surface area contributed by atoms with E-state index in [9.17, 15) is 0 Å². The zero-order valence-electron chi connectivity index (χ0n) is 13.5. The molecule has 0 amide bonds. The standard InChI is InChI=1S/C17H28N2O2/c1-4-10-18-17-14-8-6-7-9-16(14)21-13-15(17)19(3)11-12-20-5-2/h6-9,15,17-18H,4-5,10-13H2,1-3H3. The third kappa shape index (κ3) is 4.19. The number of para-hydroxylation sites is 1. The highest BCUT2D eigenvalue weighted by Crippen LogP contribution is 2.33. The summed E-state index contributed by atoms with van der Waals surface area (Å²) in [6.45, 7) is 8.45. The molecule has 1 heterocycles. The Morgan fingerprint density at radius 1 is 1.33 bits per heavy atom. The minimum Gasteiger partial charge on any atom is -0.492 e. The van der Waals surface area contributed by atoms with E-state index < -0.39 is 0 Å². The molecule has 2 unspecified atom stereocenters. The van der Waals surface area contributed by atoms with Gasteiger partial charge in [0, 0.05) is 18.7 Å². The fourth-order valence-electron chi connectivity index (χ4n) is 2.79. The van der Waals surface area contributed by atoms with Crippen LogP contribution in [-0.4, -0.2) is 50.9 Å². The van der Waals surface area contributed by atoms with Gasteiger partial charge in [0.25, 0.3) is 0 Å². The van der Waals surface area contributed by atoms with Crippen molar-refractivity contribution in [3.8, 4) is 5.75 Å². The lowest BCUT2D eigenvalue weighted by Gasteiger charge is -2.39. The molecule has 0 radical (unpaired) electrons. The van der Waals surface area contributed by atoms with Crippen molar-refractivity contribution >= 4 is 0 Å². The van der Waals surface area contributed by atoms with Gasteiger partial charge >= 0.3 is 0 Å². The van der Waals surface area contributed by atoms with Crippen molar-refractivity contribution in [3.05, 3.63) is 29.8 Å². The van der Waals surface area contributed by atoms with Crippen molar-refractivity contribution in [2.75, 3.05) is 40.0 Å². The van der Waals surface area contributed by atoms with Gasteiger partial charge in [-0.15, -0.1) is 0 Å². The zero-order valence-corrected chi connectivity index (χ0v) is 13.5.